The Bertz CT molecular complexity index is 721. The number of rotatable bonds is 3. The Morgan fingerprint density at radius 3 is 2.68 bits per heavy atom. The largest absolute Gasteiger partial charge is 0.439 e. The number of hydrogen-bond donors (Lipinski definition) is 1. The van der Waals surface area contributed by atoms with Crippen molar-refractivity contribution in [2.75, 3.05) is 5.73 Å². The van der Waals surface area contributed by atoms with E-state index in [1.54, 1.807) is 0 Å². The molecule has 0 radical (unpaired) electrons. The molecule has 3 rings (SSSR count). The SMILES string of the molecule is Nc1ccccc1CCc1nc2cccc(Br)c2o1. The number of anilines is 1. The number of hydrogen-bond acceptors (Lipinski definition) is 3. The van der Waals surface area contributed by atoms with Gasteiger partial charge in [-0.15, -0.1) is 0 Å². The Kier molecular flexibility index (Phi) is 3.25. The molecular weight excluding hydrogens is 304 g/mol. The van der Waals surface area contributed by atoms with E-state index in [-0.39, 0.29) is 0 Å². The van der Waals surface area contributed by atoms with Crippen LogP contribution < -0.4 is 5.73 Å². The van der Waals surface area contributed by atoms with Crippen LogP contribution in [0.2, 0.25) is 0 Å². The van der Waals surface area contributed by atoms with Crippen LogP contribution in [-0.4, -0.2) is 4.98 Å². The lowest BCUT2D eigenvalue weighted by atomic mass is 10.1. The van der Waals surface area contributed by atoms with Crippen LogP contribution in [0.1, 0.15) is 11.5 Å². The quantitative estimate of drug-likeness (QED) is 0.744. The van der Waals surface area contributed by atoms with Crippen molar-refractivity contribution in [2.45, 2.75) is 12.8 Å². The molecule has 0 amide bonds. The van der Waals surface area contributed by atoms with Crippen LogP contribution in [0.3, 0.4) is 0 Å². The van der Waals surface area contributed by atoms with E-state index < -0.39 is 0 Å². The van der Waals surface area contributed by atoms with E-state index in [9.17, 15) is 0 Å². The summed E-state index contributed by atoms with van der Waals surface area (Å²) in [4.78, 5) is 4.48. The molecule has 2 N–H and O–H groups in total. The number of benzene rings is 2. The molecule has 19 heavy (non-hydrogen) atoms. The Morgan fingerprint density at radius 2 is 1.89 bits per heavy atom. The highest BCUT2D eigenvalue weighted by Crippen LogP contribution is 2.25. The standard InChI is InChI=1S/C15H13BrN2O/c16-11-5-3-7-13-15(11)19-14(18-13)9-8-10-4-1-2-6-12(10)17/h1-7H,8-9,17H2. The summed E-state index contributed by atoms with van der Waals surface area (Å²) < 4.78 is 6.69. The number of fused-ring (bicyclic) bond motifs is 1. The molecule has 0 aliphatic rings. The van der Waals surface area contributed by atoms with Gasteiger partial charge in [-0.1, -0.05) is 24.3 Å². The molecule has 0 atom stereocenters. The summed E-state index contributed by atoms with van der Waals surface area (Å²) in [5.74, 6) is 0.741. The highest BCUT2D eigenvalue weighted by molar-refractivity contribution is 9.10. The van der Waals surface area contributed by atoms with Gasteiger partial charge in [0.1, 0.15) is 5.52 Å². The smallest absolute Gasteiger partial charge is 0.195 e. The number of oxazole rings is 1. The molecule has 0 fully saturated rings. The van der Waals surface area contributed by atoms with Gasteiger partial charge in [-0.25, -0.2) is 4.98 Å². The number of aryl methyl sites for hydroxylation is 2. The Balaban J connectivity index is 1.83. The molecule has 1 heterocycles. The van der Waals surface area contributed by atoms with Gasteiger partial charge < -0.3 is 10.2 Å². The van der Waals surface area contributed by atoms with E-state index in [1.165, 1.54) is 0 Å². The van der Waals surface area contributed by atoms with E-state index in [4.69, 9.17) is 10.2 Å². The maximum absolute atomic E-state index is 5.93. The number of aromatic nitrogens is 1. The van der Waals surface area contributed by atoms with Crippen LogP contribution in [0.5, 0.6) is 0 Å². The normalized spacial score (nSPS) is 11.0. The zero-order chi connectivity index (χ0) is 13.2. The van der Waals surface area contributed by atoms with Crippen molar-refractivity contribution in [1.82, 2.24) is 4.98 Å². The van der Waals surface area contributed by atoms with Gasteiger partial charge in [0.25, 0.3) is 0 Å². The highest BCUT2D eigenvalue weighted by atomic mass is 79.9. The first kappa shape index (κ1) is 12.2. The third-order valence-corrected chi connectivity index (χ3v) is 3.70. The molecule has 4 heteroatoms. The molecule has 0 aliphatic carbocycles. The minimum absolute atomic E-state index is 0.741. The predicted molar refractivity (Wildman–Crippen MR) is 80.0 cm³/mol. The lowest BCUT2D eigenvalue weighted by Crippen LogP contribution is -1.96. The number of nitrogen functional groups attached to an aromatic ring is 1. The Morgan fingerprint density at radius 1 is 1.05 bits per heavy atom. The molecule has 3 nitrogen and oxygen atoms in total. The summed E-state index contributed by atoms with van der Waals surface area (Å²) in [6.07, 6.45) is 1.58. The predicted octanol–water partition coefficient (Wildman–Crippen LogP) is 3.96. The van der Waals surface area contributed by atoms with Gasteiger partial charge in [-0.05, 0) is 46.1 Å². The van der Waals surface area contributed by atoms with Gasteiger partial charge in [0.05, 0.1) is 4.47 Å². The molecule has 0 bridgehead atoms. The van der Waals surface area contributed by atoms with Crippen molar-refractivity contribution < 1.29 is 4.42 Å². The van der Waals surface area contributed by atoms with Crippen LogP contribution in [0, 0.1) is 0 Å². The van der Waals surface area contributed by atoms with Gasteiger partial charge >= 0.3 is 0 Å². The van der Waals surface area contributed by atoms with Gasteiger partial charge in [0, 0.05) is 12.1 Å². The van der Waals surface area contributed by atoms with Crippen LogP contribution in [0.4, 0.5) is 5.69 Å². The minimum Gasteiger partial charge on any atom is -0.439 e. The second-order valence-electron chi connectivity index (χ2n) is 4.39. The van der Waals surface area contributed by atoms with Crippen molar-refractivity contribution in [2.24, 2.45) is 0 Å². The third kappa shape index (κ3) is 2.49. The molecular formula is C15H13BrN2O. The van der Waals surface area contributed by atoms with E-state index in [0.29, 0.717) is 0 Å². The van der Waals surface area contributed by atoms with Crippen molar-refractivity contribution in [3.05, 3.63) is 58.4 Å². The summed E-state index contributed by atoms with van der Waals surface area (Å²) in [7, 11) is 0. The zero-order valence-corrected chi connectivity index (χ0v) is 11.9. The van der Waals surface area contributed by atoms with Gasteiger partial charge in [-0.2, -0.15) is 0 Å². The molecule has 0 aliphatic heterocycles. The number of halogens is 1. The number of nitrogens with zero attached hydrogens (tertiary/aromatic N) is 1. The molecule has 96 valence electrons. The summed E-state index contributed by atoms with van der Waals surface area (Å²) in [6.45, 7) is 0. The van der Waals surface area contributed by atoms with Gasteiger partial charge in [0.15, 0.2) is 11.5 Å². The first-order valence-electron chi connectivity index (χ1n) is 6.11. The fourth-order valence-corrected chi connectivity index (χ4v) is 2.51. The summed E-state index contributed by atoms with van der Waals surface area (Å²) >= 11 is 3.46. The number of nitrogens with two attached hydrogens (primary N) is 1. The Labute approximate surface area is 119 Å². The molecule has 0 unspecified atom stereocenters. The number of para-hydroxylation sites is 2. The molecule has 0 saturated heterocycles. The van der Waals surface area contributed by atoms with Crippen molar-refractivity contribution in [1.29, 1.82) is 0 Å². The van der Waals surface area contributed by atoms with Gasteiger partial charge in [0.2, 0.25) is 0 Å². The van der Waals surface area contributed by atoms with E-state index >= 15 is 0 Å². The zero-order valence-electron chi connectivity index (χ0n) is 10.3. The van der Waals surface area contributed by atoms with Crippen molar-refractivity contribution in [3.63, 3.8) is 0 Å². The highest BCUT2D eigenvalue weighted by Gasteiger charge is 2.09. The average Bonchev–Trinajstić information content (AvgIpc) is 2.82. The monoisotopic (exact) mass is 316 g/mol. The van der Waals surface area contributed by atoms with Crippen LogP contribution >= 0.6 is 15.9 Å². The third-order valence-electron chi connectivity index (χ3n) is 3.07. The van der Waals surface area contributed by atoms with Crippen LogP contribution in [0.25, 0.3) is 11.1 Å². The Hall–Kier alpha value is -1.81. The maximum Gasteiger partial charge on any atom is 0.195 e. The minimum atomic E-state index is 0.741. The van der Waals surface area contributed by atoms with E-state index in [1.807, 2.05) is 42.5 Å². The fraction of sp³-hybridized carbons (Fsp3) is 0.133. The van der Waals surface area contributed by atoms with E-state index in [2.05, 4.69) is 20.9 Å². The van der Waals surface area contributed by atoms with Gasteiger partial charge in [-0.3, -0.25) is 0 Å². The second-order valence-corrected chi connectivity index (χ2v) is 5.25. The van der Waals surface area contributed by atoms with Crippen LogP contribution in [0.15, 0.2) is 51.4 Å². The fourth-order valence-electron chi connectivity index (χ4n) is 2.07. The van der Waals surface area contributed by atoms with Crippen LogP contribution in [-0.2, 0) is 12.8 Å². The molecule has 2 aromatic carbocycles. The summed E-state index contributed by atoms with van der Waals surface area (Å²) in [5.41, 5.74) is 9.56. The van der Waals surface area contributed by atoms with Crippen molar-refractivity contribution >= 4 is 32.7 Å². The molecule has 0 spiro atoms. The maximum atomic E-state index is 5.93. The van der Waals surface area contributed by atoms with Crippen molar-refractivity contribution in [3.8, 4) is 0 Å². The second kappa shape index (κ2) is 5.05. The first-order valence-corrected chi connectivity index (χ1v) is 6.90. The summed E-state index contributed by atoms with van der Waals surface area (Å²) in [5, 5.41) is 0. The topological polar surface area (TPSA) is 52.0 Å². The molecule has 1 aromatic heterocycles. The average molecular weight is 317 g/mol. The lowest BCUT2D eigenvalue weighted by molar-refractivity contribution is 0.527. The molecule has 3 aromatic rings. The summed E-state index contributed by atoms with van der Waals surface area (Å²) in [6, 6.07) is 13.7. The first-order chi connectivity index (χ1) is 9.24. The van der Waals surface area contributed by atoms with E-state index in [0.717, 1.165) is 45.6 Å². The molecule has 0 saturated carbocycles. The lowest BCUT2D eigenvalue weighted by Gasteiger charge is -2.02.